The van der Waals surface area contributed by atoms with Crippen molar-refractivity contribution in [2.45, 2.75) is 176 Å². The highest BCUT2D eigenvalue weighted by Gasteiger charge is 2.36. The van der Waals surface area contributed by atoms with Gasteiger partial charge >= 0.3 is 5.97 Å². The van der Waals surface area contributed by atoms with Gasteiger partial charge in [0.2, 0.25) is 70.9 Å². The molecule has 2 fully saturated rings. The molecule has 4 aromatic carbocycles. The average Bonchev–Trinajstić information content (AvgIpc) is 0.890. The van der Waals surface area contributed by atoms with Gasteiger partial charge in [0.25, 0.3) is 5.91 Å². The van der Waals surface area contributed by atoms with E-state index >= 15 is 0 Å². The molecule has 1 aromatic heterocycles. The van der Waals surface area contributed by atoms with Crippen LogP contribution >= 0.6 is 0 Å². The number of pyridine rings is 1. The highest BCUT2D eigenvalue weighted by Crippen LogP contribution is 2.16. The number of hydrogen-bond donors (Lipinski definition) is 23. The fraction of sp³-hybridized carbons (Fsp3) is 0.439. The van der Waals surface area contributed by atoms with Crippen LogP contribution in [0.5, 0.6) is 0 Å². The van der Waals surface area contributed by atoms with Gasteiger partial charge in [-0.1, -0.05) is 115 Å². The van der Waals surface area contributed by atoms with Gasteiger partial charge in [0.05, 0.1) is 37.9 Å². The Balaban J connectivity index is 1.10. The third-order valence-corrected chi connectivity index (χ3v) is 19.6. The van der Waals surface area contributed by atoms with E-state index in [9.17, 15) is 77.5 Å². The van der Waals surface area contributed by atoms with Crippen LogP contribution in [-0.2, 0) is 86.5 Å². The highest BCUT2D eigenvalue weighted by molar-refractivity contribution is 6.00. The summed E-state index contributed by atoms with van der Waals surface area (Å²) in [4.78, 5) is 204. The number of hydrogen-bond acceptors (Lipinski definition) is 22. The van der Waals surface area contributed by atoms with Crippen molar-refractivity contribution in [1.82, 2.24) is 90.1 Å². The molecule has 5 unspecified atom stereocenters. The molecule has 0 bridgehead atoms. The van der Waals surface area contributed by atoms with Crippen molar-refractivity contribution in [2.75, 3.05) is 57.8 Å². The Bertz CT molecular complexity index is 4380. The Hall–Kier alpha value is -13.5. The number of carbonyl (C=O) groups is 14. The molecule has 0 aliphatic carbocycles. The number of guanidine groups is 2. The average molecular weight is 1690 g/mol. The van der Waals surface area contributed by atoms with Crippen LogP contribution in [0.3, 0.4) is 0 Å². The van der Waals surface area contributed by atoms with Crippen molar-refractivity contribution >= 4 is 107 Å². The van der Waals surface area contributed by atoms with Gasteiger partial charge in [0.15, 0.2) is 11.9 Å². The maximum absolute atomic E-state index is 14.8. The largest absolute Gasteiger partial charge is 0.481 e. The van der Waals surface area contributed by atoms with Crippen molar-refractivity contribution in [3.63, 3.8) is 0 Å². The first-order valence-corrected chi connectivity index (χ1v) is 40.3. The number of aromatic nitrogens is 1. The maximum atomic E-state index is 14.8. The second kappa shape index (κ2) is 51.7. The Morgan fingerprint density at radius 2 is 1.02 bits per heavy atom. The first-order chi connectivity index (χ1) is 58.7. The van der Waals surface area contributed by atoms with E-state index in [-0.39, 0.29) is 147 Å². The topological polar surface area (TPSA) is 618 Å². The SMILES string of the molecule is Cc1ccccc1/C=N\Nc1ccc(C(=O)N[C@@H](Cc2ccccc2)C(=O)NC(CCC(=O)NCCCCC2NC(=O)[C@@H](Cc3ccccc3)NC(=O)C(CCOO)NC(=O)CNC(=O)C(CCCNC(=N)N)NC2=O)C(=O)NCCCC[C@@H]2NC(=O)C(Cc3ccccc3)NC(=O)[C@H](CC(=O)O)NC(=O)CNC[C@H](CCCNC(=N)N)NC2=O)cn1. The highest BCUT2D eigenvalue weighted by atomic mass is 17.1. The fourth-order valence-electron chi connectivity index (χ4n) is 13.1. The smallest absolute Gasteiger partial charge is 0.305 e. The standard InChI is InChI=1S/C82H111N23O17/c1-50-19-11-12-26-54(50)46-94-105-66-33-31-55(45-92-66)71(111)102-62(41-51-20-5-2-6-21-51)77(117)101-60(72(112)89-37-16-14-28-58-74(114)95-56(27-17-38-90-81(83)84)47-87-48-68(107)97-65(44-70(109)110)80(120)104-64(79(119)99-58)43-53-24-9-4-10-25-53)32-34-67(106)88-36-15-13-29-59-75(115)98-57(30-18-39-91-82(85)86)73(113)93-49-69(108)96-61(35-40-122-121)76(116)103-63(78(118)100-59)42-52-22-7-3-8-23-52/h2-12,19-26,31,33,45-46,56-65,87,121H,13-18,27-30,32,34-44,47-49H2,1H3,(H,88,106)(H,89,112)(H,92,105)(H,93,113)(H,95,114)(H,96,108)(H,97,107)(H,98,115)(H,99,119)(H,100,118)(H,101,117)(H,102,111)(H,103,116)(H,104,120)(H,109,110)(H4,83,84,90)(H4,85,86,91)/b94-46-/t56-,57?,58-,59?,60?,61?,62-,63+,64?,65-/m0/s1. The summed E-state index contributed by atoms with van der Waals surface area (Å²) in [6, 6.07) is 23.1. The number of unbranched alkanes of at least 4 members (excludes halogenated alkanes) is 2. The van der Waals surface area contributed by atoms with E-state index in [0.717, 1.165) is 11.1 Å². The van der Waals surface area contributed by atoms with Crippen LogP contribution in [-0.4, -0.2) is 229 Å². The van der Waals surface area contributed by atoms with Gasteiger partial charge in [-0.3, -0.25) is 88.6 Å². The number of carboxylic acids is 1. The number of amides is 13. The number of nitrogens with zero attached hydrogens (tertiary/aromatic N) is 2. The molecule has 10 atom stereocenters. The number of hydrazone groups is 1. The Morgan fingerprint density at radius 1 is 0.525 bits per heavy atom. The van der Waals surface area contributed by atoms with Gasteiger partial charge in [-0.25, -0.2) is 9.87 Å². The molecule has 2 aliphatic heterocycles. The number of anilines is 1. The van der Waals surface area contributed by atoms with E-state index in [2.05, 4.69) is 105 Å². The molecule has 656 valence electrons. The summed E-state index contributed by atoms with van der Waals surface area (Å²) in [5.74, 6) is -12.0. The van der Waals surface area contributed by atoms with Gasteiger partial charge in [0, 0.05) is 77.1 Å². The summed E-state index contributed by atoms with van der Waals surface area (Å²) in [5.41, 5.74) is 17.5. The molecule has 13 amide bonds. The van der Waals surface area contributed by atoms with E-state index in [1.165, 1.54) is 18.3 Å². The Labute approximate surface area is 704 Å². The van der Waals surface area contributed by atoms with Crippen LogP contribution in [0, 0.1) is 17.7 Å². The molecule has 25 N–H and O–H groups in total. The first-order valence-electron chi connectivity index (χ1n) is 40.3. The molecule has 7 rings (SSSR count). The first kappa shape index (κ1) is 95.6. The quantitative estimate of drug-likeness (QED) is 0.00663. The van der Waals surface area contributed by atoms with Crippen molar-refractivity contribution in [3.05, 3.63) is 167 Å². The fourth-order valence-corrected chi connectivity index (χ4v) is 13.1. The molecule has 0 radical (unpaired) electrons. The number of carbonyl (C=O) groups excluding carboxylic acids is 13. The van der Waals surface area contributed by atoms with E-state index in [1.807, 2.05) is 31.2 Å². The summed E-state index contributed by atoms with van der Waals surface area (Å²) in [7, 11) is 0. The molecule has 40 heteroatoms. The van der Waals surface area contributed by atoms with Crippen molar-refractivity contribution in [3.8, 4) is 0 Å². The lowest BCUT2D eigenvalue weighted by Crippen LogP contribution is -2.58. The van der Waals surface area contributed by atoms with E-state index in [4.69, 9.17) is 22.3 Å². The van der Waals surface area contributed by atoms with E-state index < -0.39 is 169 Å². The van der Waals surface area contributed by atoms with Gasteiger partial charge in [0.1, 0.15) is 60.2 Å². The van der Waals surface area contributed by atoms with Gasteiger partial charge in [-0.05, 0) is 118 Å². The summed E-state index contributed by atoms with van der Waals surface area (Å²) in [5, 5.41) is 81.6. The minimum atomic E-state index is -1.62. The lowest BCUT2D eigenvalue weighted by Gasteiger charge is -2.26. The zero-order valence-corrected chi connectivity index (χ0v) is 67.8. The lowest BCUT2D eigenvalue weighted by molar-refractivity contribution is -0.243. The number of rotatable bonds is 40. The maximum Gasteiger partial charge on any atom is 0.305 e. The number of aliphatic carboxylic acids is 1. The molecule has 2 aliphatic rings. The van der Waals surface area contributed by atoms with Gasteiger partial charge in [-0.2, -0.15) is 5.10 Å². The molecular weight excluding hydrogens is 1580 g/mol. The molecule has 40 nitrogen and oxygen atoms in total. The van der Waals surface area contributed by atoms with Crippen molar-refractivity contribution in [2.24, 2.45) is 16.6 Å². The molecule has 0 saturated carbocycles. The van der Waals surface area contributed by atoms with Crippen LogP contribution in [0.4, 0.5) is 5.82 Å². The number of aryl methyl sites for hydroxylation is 1. The van der Waals surface area contributed by atoms with Crippen molar-refractivity contribution < 1.29 is 82.4 Å². The van der Waals surface area contributed by atoms with Crippen molar-refractivity contribution in [1.29, 1.82) is 10.8 Å². The van der Waals surface area contributed by atoms with Crippen LogP contribution in [0.2, 0.25) is 0 Å². The summed E-state index contributed by atoms with van der Waals surface area (Å²) >= 11 is 0. The van der Waals surface area contributed by atoms with Crippen LogP contribution in [0.25, 0.3) is 0 Å². The van der Waals surface area contributed by atoms with Gasteiger partial charge in [-0.15, -0.1) is 0 Å². The normalized spacial score (nSPS) is 19.5. The third-order valence-electron chi connectivity index (χ3n) is 19.6. The minimum absolute atomic E-state index is 0.0210. The monoisotopic (exact) mass is 1690 g/mol. The summed E-state index contributed by atoms with van der Waals surface area (Å²) in [6.07, 6.45) is 1.94. The number of nitrogens with one attached hydrogen (secondary N) is 19. The lowest BCUT2D eigenvalue weighted by atomic mass is 10.0. The number of nitrogens with two attached hydrogens (primary N) is 2. The summed E-state index contributed by atoms with van der Waals surface area (Å²) < 4.78 is 0. The van der Waals surface area contributed by atoms with Crippen LogP contribution in [0.15, 0.2) is 139 Å². The molecular formula is C82H111N23O17. The Kier molecular flexibility index (Phi) is 40.6. The molecule has 2 saturated heterocycles. The zero-order valence-electron chi connectivity index (χ0n) is 67.8. The molecule has 5 aromatic rings. The molecule has 0 spiro atoms. The molecule has 122 heavy (non-hydrogen) atoms. The zero-order chi connectivity index (χ0) is 88.1. The van der Waals surface area contributed by atoms with Crippen LogP contribution in [0.1, 0.15) is 128 Å². The molecule has 3 heterocycles. The Morgan fingerprint density at radius 3 is 1.58 bits per heavy atom. The third kappa shape index (κ3) is 35.2. The predicted molar refractivity (Wildman–Crippen MR) is 448 cm³/mol. The van der Waals surface area contributed by atoms with E-state index in [0.29, 0.717) is 28.9 Å². The van der Waals surface area contributed by atoms with E-state index in [1.54, 1.807) is 97.2 Å². The second-order valence-corrected chi connectivity index (χ2v) is 29.3. The van der Waals surface area contributed by atoms with Gasteiger partial charge < -0.3 is 102 Å². The predicted octanol–water partition coefficient (Wildman–Crippen LogP) is -2.01. The minimum Gasteiger partial charge on any atom is -0.481 e. The van der Waals surface area contributed by atoms with Crippen LogP contribution < -0.4 is 102 Å². The number of benzene rings is 4. The summed E-state index contributed by atoms with van der Waals surface area (Å²) in [6.45, 7) is 0.637. The second-order valence-electron chi connectivity index (χ2n) is 29.3. The number of carboxylic acid groups (broad SMARTS) is 1.